The van der Waals surface area contributed by atoms with Crippen molar-refractivity contribution in [3.8, 4) is 0 Å². The molecule has 0 saturated carbocycles. The molecule has 1 N–H and O–H groups in total. The number of hydrogen-bond donors (Lipinski definition) is 1. The summed E-state index contributed by atoms with van der Waals surface area (Å²) in [6.45, 7) is 6.83. The molecule has 1 amide bonds. The normalized spacial score (nSPS) is 15.2. The number of amides is 1. The molecule has 0 spiro atoms. The average Bonchev–Trinajstić information content (AvgIpc) is 3.09. The van der Waals surface area contributed by atoms with E-state index in [1.165, 1.54) is 10.4 Å². The van der Waals surface area contributed by atoms with Gasteiger partial charge < -0.3 is 5.32 Å². The van der Waals surface area contributed by atoms with E-state index in [9.17, 15) is 13.2 Å². The Morgan fingerprint density at radius 1 is 0.962 bits per heavy atom. The zero-order valence-electron chi connectivity index (χ0n) is 15.4. The Morgan fingerprint density at radius 3 is 2.19 bits per heavy atom. The van der Waals surface area contributed by atoms with Crippen LogP contribution in [0, 0.1) is 20.8 Å². The Labute approximate surface area is 155 Å². The zero-order valence-corrected chi connectivity index (χ0v) is 16.2. The van der Waals surface area contributed by atoms with Crippen LogP contribution in [-0.4, -0.2) is 31.7 Å². The maximum atomic E-state index is 12.8. The van der Waals surface area contributed by atoms with E-state index in [-0.39, 0.29) is 10.8 Å². The minimum absolute atomic E-state index is 0.176. The molecule has 1 aliphatic heterocycles. The molecular weight excluding hydrogens is 348 g/mol. The lowest BCUT2D eigenvalue weighted by molar-refractivity contribution is 0.102. The monoisotopic (exact) mass is 372 g/mol. The molecule has 5 nitrogen and oxygen atoms in total. The van der Waals surface area contributed by atoms with Gasteiger partial charge in [-0.05, 0) is 74.6 Å². The minimum Gasteiger partial charge on any atom is -0.322 e. The summed E-state index contributed by atoms with van der Waals surface area (Å²) in [6, 6.07) is 10.6. The molecule has 2 aromatic carbocycles. The molecule has 1 saturated heterocycles. The fourth-order valence-corrected chi connectivity index (χ4v) is 4.87. The fraction of sp³-hybridized carbons (Fsp3) is 0.350. The maximum Gasteiger partial charge on any atom is 0.255 e. The summed E-state index contributed by atoms with van der Waals surface area (Å²) in [4.78, 5) is 12.9. The van der Waals surface area contributed by atoms with Gasteiger partial charge in [0.05, 0.1) is 4.90 Å². The van der Waals surface area contributed by atoms with Crippen molar-refractivity contribution in [1.29, 1.82) is 0 Å². The van der Waals surface area contributed by atoms with Crippen molar-refractivity contribution in [3.63, 3.8) is 0 Å². The Bertz CT molecular complexity index is 925. The summed E-state index contributed by atoms with van der Waals surface area (Å²) in [7, 11) is -3.54. The Morgan fingerprint density at radius 2 is 1.58 bits per heavy atom. The molecule has 2 aromatic rings. The van der Waals surface area contributed by atoms with Crippen molar-refractivity contribution >= 4 is 21.6 Å². The van der Waals surface area contributed by atoms with Crippen molar-refractivity contribution in [3.05, 3.63) is 58.7 Å². The smallest absolute Gasteiger partial charge is 0.255 e. The number of nitrogens with one attached hydrogen (secondary N) is 1. The van der Waals surface area contributed by atoms with Crippen LogP contribution in [0.4, 0.5) is 5.69 Å². The number of carbonyl (C=O) groups is 1. The Hall–Kier alpha value is -2.18. The van der Waals surface area contributed by atoms with Gasteiger partial charge >= 0.3 is 0 Å². The molecule has 1 fully saturated rings. The molecule has 0 radical (unpaired) electrons. The third-order valence-electron chi connectivity index (χ3n) is 4.64. The predicted octanol–water partition coefficient (Wildman–Crippen LogP) is 3.65. The highest BCUT2D eigenvalue weighted by atomic mass is 32.2. The summed E-state index contributed by atoms with van der Waals surface area (Å²) in [5, 5.41) is 2.88. The van der Waals surface area contributed by atoms with Crippen LogP contribution in [0.1, 0.15) is 39.9 Å². The topological polar surface area (TPSA) is 66.5 Å². The van der Waals surface area contributed by atoms with Crippen molar-refractivity contribution in [1.82, 2.24) is 4.31 Å². The van der Waals surface area contributed by atoms with Gasteiger partial charge in [0.15, 0.2) is 0 Å². The lowest BCUT2D eigenvalue weighted by atomic mass is 10.1. The molecule has 138 valence electrons. The fourth-order valence-electron chi connectivity index (χ4n) is 3.33. The van der Waals surface area contributed by atoms with E-state index < -0.39 is 10.0 Å². The van der Waals surface area contributed by atoms with Gasteiger partial charge in [0, 0.05) is 24.3 Å². The van der Waals surface area contributed by atoms with Gasteiger partial charge in [-0.15, -0.1) is 0 Å². The number of benzene rings is 2. The first-order valence-electron chi connectivity index (χ1n) is 8.78. The average molecular weight is 372 g/mol. The van der Waals surface area contributed by atoms with E-state index in [0.717, 1.165) is 29.5 Å². The second kappa shape index (κ2) is 7.21. The quantitative estimate of drug-likeness (QED) is 0.891. The van der Waals surface area contributed by atoms with Crippen LogP contribution in [0.15, 0.2) is 41.3 Å². The van der Waals surface area contributed by atoms with Gasteiger partial charge in [-0.1, -0.05) is 12.1 Å². The number of aryl methyl sites for hydroxylation is 3. The molecule has 0 unspecified atom stereocenters. The highest BCUT2D eigenvalue weighted by Gasteiger charge is 2.28. The number of carbonyl (C=O) groups excluding carboxylic acids is 1. The van der Waals surface area contributed by atoms with Crippen LogP contribution in [0.25, 0.3) is 0 Å². The molecule has 0 aromatic heterocycles. The van der Waals surface area contributed by atoms with E-state index in [1.807, 2.05) is 39.0 Å². The minimum atomic E-state index is -3.54. The second-order valence-electron chi connectivity index (χ2n) is 6.92. The summed E-state index contributed by atoms with van der Waals surface area (Å²) >= 11 is 0. The molecule has 0 bridgehead atoms. The molecular formula is C20H24N2O3S. The van der Waals surface area contributed by atoms with Crippen LogP contribution in [0.2, 0.25) is 0 Å². The van der Waals surface area contributed by atoms with Crippen molar-refractivity contribution in [2.75, 3.05) is 18.4 Å². The second-order valence-corrected chi connectivity index (χ2v) is 8.86. The van der Waals surface area contributed by atoms with Gasteiger partial charge in [-0.25, -0.2) is 8.42 Å². The van der Waals surface area contributed by atoms with Gasteiger partial charge in [-0.3, -0.25) is 4.79 Å². The van der Waals surface area contributed by atoms with E-state index in [4.69, 9.17) is 0 Å². The first kappa shape index (κ1) is 18.6. The number of sulfonamides is 1. The summed E-state index contributed by atoms with van der Waals surface area (Å²) in [5.41, 5.74) is 3.95. The standard InChI is InChI=1S/C20H24N2O3S/c1-14-10-15(2)12-17(11-14)21-20(23)19-13-18(7-6-16(19)3)26(24,25)22-8-4-5-9-22/h6-7,10-13H,4-5,8-9H2,1-3H3,(H,21,23). The maximum absolute atomic E-state index is 12.8. The highest BCUT2D eigenvalue weighted by Crippen LogP contribution is 2.24. The number of anilines is 1. The first-order chi connectivity index (χ1) is 12.3. The number of rotatable bonds is 4. The molecule has 0 aliphatic carbocycles. The van der Waals surface area contributed by atoms with E-state index >= 15 is 0 Å². The van der Waals surface area contributed by atoms with E-state index in [2.05, 4.69) is 5.32 Å². The van der Waals surface area contributed by atoms with Crippen LogP contribution in [-0.2, 0) is 10.0 Å². The first-order valence-corrected chi connectivity index (χ1v) is 10.2. The number of hydrogen-bond acceptors (Lipinski definition) is 3. The summed E-state index contributed by atoms with van der Waals surface area (Å²) in [6.07, 6.45) is 1.76. The Balaban J connectivity index is 1.91. The summed E-state index contributed by atoms with van der Waals surface area (Å²) in [5.74, 6) is -0.300. The third kappa shape index (κ3) is 3.81. The predicted molar refractivity (Wildman–Crippen MR) is 103 cm³/mol. The van der Waals surface area contributed by atoms with Gasteiger partial charge in [0.25, 0.3) is 5.91 Å². The zero-order chi connectivity index (χ0) is 18.9. The van der Waals surface area contributed by atoms with Crippen molar-refractivity contribution in [2.45, 2.75) is 38.5 Å². The molecule has 0 atom stereocenters. The van der Waals surface area contributed by atoms with E-state index in [1.54, 1.807) is 12.1 Å². The van der Waals surface area contributed by atoms with Crippen LogP contribution in [0.5, 0.6) is 0 Å². The van der Waals surface area contributed by atoms with Gasteiger partial charge in [-0.2, -0.15) is 4.31 Å². The molecule has 1 aliphatic rings. The van der Waals surface area contributed by atoms with Crippen LogP contribution >= 0.6 is 0 Å². The SMILES string of the molecule is Cc1cc(C)cc(NC(=O)c2cc(S(=O)(=O)N3CCCC3)ccc2C)c1. The number of nitrogens with zero attached hydrogens (tertiary/aromatic N) is 1. The Kier molecular flexibility index (Phi) is 5.16. The summed E-state index contributed by atoms with van der Waals surface area (Å²) < 4.78 is 27.0. The third-order valence-corrected chi connectivity index (χ3v) is 6.53. The van der Waals surface area contributed by atoms with Gasteiger partial charge in [0.2, 0.25) is 10.0 Å². The largest absolute Gasteiger partial charge is 0.322 e. The van der Waals surface area contributed by atoms with Crippen molar-refractivity contribution < 1.29 is 13.2 Å². The lowest BCUT2D eigenvalue weighted by Gasteiger charge is -2.17. The lowest BCUT2D eigenvalue weighted by Crippen LogP contribution is -2.28. The molecule has 6 heteroatoms. The molecule has 26 heavy (non-hydrogen) atoms. The van der Waals surface area contributed by atoms with Crippen molar-refractivity contribution in [2.24, 2.45) is 0 Å². The molecule has 1 heterocycles. The van der Waals surface area contributed by atoms with Crippen LogP contribution < -0.4 is 5.32 Å². The molecule has 3 rings (SSSR count). The van der Waals surface area contributed by atoms with Crippen LogP contribution in [0.3, 0.4) is 0 Å². The van der Waals surface area contributed by atoms with Gasteiger partial charge in [0.1, 0.15) is 0 Å². The highest BCUT2D eigenvalue weighted by molar-refractivity contribution is 7.89. The van der Waals surface area contributed by atoms with E-state index in [0.29, 0.717) is 24.3 Å².